The van der Waals surface area contributed by atoms with Crippen LogP contribution in [0.4, 0.5) is 4.79 Å². The maximum absolute atomic E-state index is 12.9. The van der Waals surface area contributed by atoms with Gasteiger partial charge < -0.3 is 30.0 Å². The van der Waals surface area contributed by atoms with Gasteiger partial charge in [0.05, 0.1) is 43.0 Å². The van der Waals surface area contributed by atoms with Crippen LogP contribution in [0.2, 0.25) is 0 Å². The van der Waals surface area contributed by atoms with E-state index in [-0.39, 0.29) is 44.1 Å². The molecule has 1 fully saturated rings. The molecule has 1 aromatic heterocycles. The molecule has 0 saturated carbocycles. The number of primary amides is 1. The van der Waals surface area contributed by atoms with Crippen LogP contribution in [0.15, 0.2) is 47.3 Å². The van der Waals surface area contributed by atoms with E-state index >= 15 is 0 Å². The van der Waals surface area contributed by atoms with E-state index in [1.165, 1.54) is 9.13 Å². The average molecular weight is 730 g/mol. The standard InChI is InChI=1S/C39H47N5O9/c1-26(30(15-18-34(40)45)41-37(48)53-39(2,3)4)52-25-29-12-10-27(11-13-29)8-6-20-50-22-23-51-21-7-9-28-14-16-31-33(24-28)43(5)38(49)44(31)32-17-19-35(46)42-36(32)47/h10-14,16,24,26,30,32H,15,17-23,25H2,1-5H3,(H2,40,45)(H,41,48)(H,42,46,47)/t26-,30+,32?/m1/s1. The summed E-state index contributed by atoms with van der Waals surface area (Å²) in [5.74, 6) is 10.7. The molecule has 0 spiro atoms. The quantitative estimate of drug-likeness (QED) is 0.128. The van der Waals surface area contributed by atoms with Crippen molar-refractivity contribution in [3.63, 3.8) is 0 Å². The van der Waals surface area contributed by atoms with Crippen molar-refractivity contribution in [3.05, 3.63) is 69.6 Å². The van der Waals surface area contributed by atoms with Crippen molar-refractivity contribution in [1.29, 1.82) is 0 Å². The Morgan fingerprint density at radius 2 is 1.62 bits per heavy atom. The Morgan fingerprint density at radius 1 is 0.981 bits per heavy atom. The summed E-state index contributed by atoms with van der Waals surface area (Å²) < 4.78 is 25.3. The molecule has 53 heavy (non-hydrogen) atoms. The SMILES string of the molecule is C[C@@H](OCc1ccc(C#CCOCCOCC#Cc2ccc3c(c2)n(C)c(=O)n3C2CCC(=O)NC2=O)cc1)[C@H](CCC(N)=O)NC(=O)OC(C)(C)C. The second-order valence-electron chi connectivity index (χ2n) is 13.6. The Balaban J connectivity index is 1.16. The Morgan fingerprint density at radius 3 is 2.25 bits per heavy atom. The summed E-state index contributed by atoms with van der Waals surface area (Å²) in [6.45, 7) is 8.53. The van der Waals surface area contributed by atoms with Crippen molar-refractivity contribution >= 4 is 34.8 Å². The average Bonchev–Trinajstić information content (AvgIpc) is 3.34. The zero-order chi connectivity index (χ0) is 38.5. The van der Waals surface area contributed by atoms with Crippen LogP contribution in [0.5, 0.6) is 0 Å². The van der Waals surface area contributed by atoms with Crippen LogP contribution in [0.1, 0.15) is 76.1 Å². The lowest BCUT2D eigenvalue weighted by molar-refractivity contribution is -0.135. The fraction of sp³-hybridized carbons (Fsp3) is 0.462. The molecule has 2 heterocycles. The van der Waals surface area contributed by atoms with Gasteiger partial charge >= 0.3 is 11.8 Å². The molecule has 1 saturated heterocycles. The zero-order valence-electron chi connectivity index (χ0n) is 30.8. The van der Waals surface area contributed by atoms with Crippen LogP contribution >= 0.6 is 0 Å². The van der Waals surface area contributed by atoms with Gasteiger partial charge in [0.2, 0.25) is 17.7 Å². The number of rotatable bonds is 14. The van der Waals surface area contributed by atoms with Gasteiger partial charge in [0.25, 0.3) is 0 Å². The summed E-state index contributed by atoms with van der Waals surface area (Å²) in [5.41, 5.74) is 7.98. The molecule has 14 heteroatoms. The third-order valence-corrected chi connectivity index (χ3v) is 8.23. The first-order valence-corrected chi connectivity index (χ1v) is 17.4. The Hall–Kier alpha value is -5.41. The highest BCUT2D eigenvalue weighted by Gasteiger charge is 2.31. The molecule has 3 aromatic rings. The molecule has 1 aliphatic heterocycles. The molecule has 0 bridgehead atoms. The predicted molar refractivity (Wildman–Crippen MR) is 196 cm³/mol. The van der Waals surface area contributed by atoms with Gasteiger partial charge in [0, 0.05) is 31.0 Å². The Bertz CT molecular complexity index is 1970. The van der Waals surface area contributed by atoms with Crippen molar-refractivity contribution in [2.75, 3.05) is 26.4 Å². The summed E-state index contributed by atoms with van der Waals surface area (Å²) in [6, 6.07) is 11.7. The minimum Gasteiger partial charge on any atom is -0.444 e. The first-order valence-electron chi connectivity index (χ1n) is 17.4. The number of alkyl carbamates (subject to hydrolysis) is 1. The lowest BCUT2D eigenvalue weighted by atomic mass is 10.1. The largest absolute Gasteiger partial charge is 0.444 e. The summed E-state index contributed by atoms with van der Waals surface area (Å²) in [7, 11) is 1.64. The van der Waals surface area contributed by atoms with Gasteiger partial charge in [-0.3, -0.25) is 28.8 Å². The first-order chi connectivity index (χ1) is 25.2. The number of fused-ring (bicyclic) bond motifs is 1. The number of amides is 4. The molecular weight excluding hydrogens is 682 g/mol. The number of nitrogens with zero attached hydrogens (tertiary/aromatic N) is 2. The predicted octanol–water partition coefficient (Wildman–Crippen LogP) is 2.82. The van der Waals surface area contributed by atoms with Crippen LogP contribution < -0.4 is 22.1 Å². The van der Waals surface area contributed by atoms with Crippen LogP contribution in [-0.2, 0) is 47.0 Å². The summed E-state index contributed by atoms with van der Waals surface area (Å²) in [4.78, 5) is 60.5. The van der Waals surface area contributed by atoms with Gasteiger partial charge in [-0.25, -0.2) is 9.59 Å². The van der Waals surface area contributed by atoms with Crippen LogP contribution in [-0.4, -0.2) is 77.1 Å². The highest BCUT2D eigenvalue weighted by molar-refractivity contribution is 6.00. The van der Waals surface area contributed by atoms with E-state index in [2.05, 4.69) is 34.3 Å². The molecule has 2 aromatic carbocycles. The van der Waals surface area contributed by atoms with E-state index in [1.54, 1.807) is 46.0 Å². The molecule has 1 unspecified atom stereocenters. The normalized spacial score (nSPS) is 15.4. The summed E-state index contributed by atoms with van der Waals surface area (Å²) in [5, 5.41) is 5.09. The number of hydrogen-bond acceptors (Lipinski definition) is 9. The Kier molecular flexibility index (Phi) is 14.4. The molecule has 1 aliphatic rings. The van der Waals surface area contributed by atoms with E-state index in [0.717, 1.165) is 11.1 Å². The maximum Gasteiger partial charge on any atom is 0.407 e. The van der Waals surface area contributed by atoms with Crippen molar-refractivity contribution in [2.24, 2.45) is 12.8 Å². The third-order valence-electron chi connectivity index (χ3n) is 8.23. The maximum atomic E-state index is 12.9. The Labute approximate surface area is 308 Å². The number of carbonyl (C=O) groups excluding carboxylic acids is 4. The van der Waals surface area contributed by atoms with Gasteiger partial charge in [0.15, 0.2) is 0 Å². The van der Waals surface area contributed by atoms with Crippen LogP contribution in [0.25, 0.3) is 11.0 Å². The number of imide groups is 1. The number of aromatic nitrogens is 2. The summed E-state index contributed by atoms with van der Waals surface area (Å²) in [6.07, 6.45) is -0.117. The number of imidazole rings is 1. The van der Waals surface area contributed by atoms with Gasteiger partial charge in [-0.2, -0.15) is 0 Å². The molecule has 3 atom stereocenters. The number of carbonyl (C=O) groups is 4. The molecule has 0 radical (unpaired) electrons. The zero-order valence-corrected chi connectivity index (χ0v) is 30.8. The van der Waals surface area contributed by atoms with Crippen LogP contribution in [0.3, 0.4) is 0 Å². The van der Waals surface area contributed by atoms with Crippen molar-refractivity contribution in [1.82, 2.24) is 19.8 Å². The molecule has 282 valence electrons. The molecule has 4 amide bonds. The highest BCUT2D eigenvalue weighted by atomic mass is 16.6. The van der Waals surface area contributed by atoms with Gasteiger partial charge in [0.1, 0.15) is 24.9 Å². The number of aryl methyl sites for hydroxylation is 1. The van der Waals surface area contributed by atoms with Crippen molar-refractivity contribution in [3.8, 4) is 23.7 Å². The van der Waals surface area contributed by atoms with Crippen LogP contribution in [0, 0.1) is 23.7 Å². The summed E-state index contributed by atoms with van der Waals surface area (Å²) >= 11 is 0. The van der Waals surface area contributed by atoms with Gasteiger partial charge in [-0.15, -0.1) is 0 Å². The minimum absolute atomic E-state index is 0.102. The molecule has 0 aliphatic carbocycles. The second-order valence-corrected chi connectivity index (χ2v) is 13.6. The van der Waals surface area contributed by atoms with Gasteiger partial charge in [-0.05, 0) is 76.4 Å². The fourth-order valence-corrected chi connectivity index (χ4v) is 5.52. The number of nitrogens with one attached hydrogen (secondary N) is 2. The van der Waals surface area contributed by atoms with Crippen molar-refractivity contribution in [2.45, 2.75) is 83.8 Å². The van der Waals surface area contributed by atoms with E-state index in [1.807, 2.05) is 31.2 Å². The monoisotopic (exact) mass is 729 g/mol. The van der Waals surface area contributed by atoms with E-state index in [0.29, 0.717) is 42.8 Å². The molecule has 14 nitrogen and oxygen atoms in total. The van der Waals surface area contributed by atoms with E-state index in [4.69, 9.17) is 24.7 Å². The number of nitrogens with two attached hydrogens (primary N) is 1. The second kappa shape index (κ2) is 18.9. The lowest BCUT2D eigenvalue weighted by Gasteiger charge is -2.27. The minimum atomic E-state index is -0.740. The third kappa shape index (κ3) is 12.4. The number of ether oxygens (including phenoxy) is 4. The van der Waals surface area contributed by atoms with E-state index in [9.17, 15) is 24.0 Å². The van der Waals surface area contributed by atoms with Crippen molar-refractivity contribution < 1.29 is 38.1 Å². The lowest BCUT2D eigenvalue weighted by Crippen LogP contribution is -2.45. The highest BCUT2D eigenvalue weighted by Crippen LogP contribution is 2.23. The smallest absolute Gasteiger partial charge is 0.407 e. The fourth-order valence-electron chi connectivity index (χ4n) is 5.52. The molecule has 4 rings (SSSR count). The van der Waals surface area contributed by atoms with E-state index < -0.39 is 41.7 Å². The topological polar surface area (TPSA) is 182 Å². The first kappa shape index (κ1) is 40.4. The molecular formula is C39H47N5O9. The number of benzene rings is 2. The number of hydrogen-bond donors (Lipinski definition) is 3. The van der Waals surface area contributed by atoms with Gasteiger partial charge in [-0.1, -0.05) is 35.8 Å². The number of piperidine rings is 1. The molecule has 4 N–H and O–H groups in total.